The van der Waals surface area contributed by atoms with Gasteiger partial charge >= 0.3 is 5.97 Å². The molecule has 0 saturated heterocycles. The predicted octanol–water partition coefficient (Wildman–Crippen LogP) is 7.62. The lowest BCUT2D eigenvalue weighted by molar-refractivity contribution is 0.0224. The molecule has 0 amide bonds. The number of anilines is 2. The average molecular weight is 505 g/mol. The number of rotatable bonds is 8. The van der Waals surface area contributed by atoms with Crippen molar-refractivity contribution in [3.05, 3.63) is 119 Å². The molecule has 2 aliphatic heterocycles. The van der Waals surface area contributed by atoms with Crippen molar-refractivity contribution in [2.45, 2.75) is 38.8 Å². The van der Waals surface area contributed by atoms with Gasteiger partial charge in [0.05, 0.1) is 5.56 Å². The minimum absolute atomic E-state index is 0.318. The van der Waals surface area contributed by atoms with E-state index in [9.17, 15) is 4.79 Å². The van der Waals surface area contributed by atoms with Gasteiger partial charge in [-0.25, -0.2) is 4.79 Å². The van der Waals surface area contributed by atoms with Gasteiger partial charge in [-0.15, -0.1) is 0 Å². The average Bonchev–Trinajstić information content (AvgIpc) is 3.23. The molecule has 4 aromatic carbocycles. The minimum atomic E-state index is -1.07. The molecule has 5 nitrogen and oxygen atoms in total. The minimum Gasteiger partial charge on any atom is -0.456 e. The van der Waals surface area contributed by atoms with E-state index in [-0.39, 0.29) is 5.97 Å². The SMILES string of the molecule is CCCN(CCC)Cc1ccc2c(c1)Oc1ccc(Nc3ccccc3)cc1C21OC(=O)c2ccccc21. The van der Waals surface area contributed by atoms with Crippen LogP contribution in [0, 0.1) is 0 Å². The lowest BCUT2D eigenvalue weighted by atomic mass is 9.77. The van der Waals surface area contributed by atoms with Gasteiger partial charge < -0.3 is 14.8 Å². The van der Waals surface area contributed by atoms with Crippen LogP contribution in [0.25, 0.3) is 0 Å². The zero-order valence-corrected chi connectivity index (χ0v) is 21.9. The molecule has 6 rings (SSSR count). The zero-order chi connectivity index (χ0) is 26.1. The summed E-state index contributed by atoms with van der Waals surface area (Å²) in [7, 11) is 0. The molecule has 0 bridgehead atoms. The maximum absolute atomic E-state index is 13.2. The molecule has 1 unspecified atom stereocenters. The van der Waals surface area contributed by atoms with Crippen LogP contribution in [0.3, 0.4) is 0 Å². The number of para-hydroxylation sites is 1. The third kappa shape index (κ3) is 4.13. The van der Waals surface area contributed by atoms with E-state index in [0.717, 1.165) is 66.3 Å². The van der Waals surface area contributed by atoms with Crippen LogP contribution in [0.1, 0.15) is 59.3 Å². The zero-order valence-electron chi connectivity index (χ0n) is 21.9. The number of hydrogen-bond donors (Lipinski definition) is 1. The molecule has 2 aliphatic rings. The van der Waals surface area contributed by atoms with Crippen molar-refractivity contribution in [1.82, 2.24) is 4.90 Å². The molecule has 0 fully saturated rings. The van der Waals surface area contributed by atoms with E-state index >= 15 is 0 Å². The van der Waals surface area contributed by atoms with E-state index in [0.29, 0.717) is 11.3 Å². The Balaban J connectivity index is 1.47. The Morgan fingerprint density at radius 3 is 2.29 bits per heavy atom. The van der Waals surface area contributed by atoms with Crippen LogP contribution in [0.5, 0.6) is 11.5 Å². The summed E-state index contributed by atoms with van der Waals surface area (Å²) < 4.78 is 12.9. The van der Waals surface area contributed by atoms with Crippen LogP contribution >= 0.6 is 0 Å². The molecule has 0 aliphatic carbocycles. The van der Waals surface area contributed by atoms with E-state index in [1.54, 1.807) is 0 Å². The number of carbonyl (C=O) groups is 1. The fraction of sp³-hybridized carbons (Fsp3) is 0.242. The molecule has 38 heavy (non-hydrogen) atoms. The van der Waals surface area contributed by atoms with Gasteiger partial charge in [-0.05, 0) is 74.0 Å². The number of esters is 1. The summed E-state index contributed by atoms with van der Waals surface area (Å²) in [6.07, 6.45) is 2.23. The Hall–Kier alpha value is -4.09. The van der Waals surface area contributed by atoms with Crippen molar-refractivity contribution < 1.29 is 14.3 Å². The highest BCUT2D eigenvalue weighted by molar-refractivity contribution is 5.97. The van der Waals surface area contributed by atoms with E-state index in [4.69, 9.17) is 9.47 Å². The second kappa shape index (κ2) is 9.99. The van der Waals surface area contributed by atoms with Crippen LogP contribution in [0.4, 0.5) is 11.4 Å². The van der Waals surface area contributed by atoms with Gasteiger partial charge in [0.2, 0.25) is 0 Å². The first-order valence-corrected chi connectivity index (χ1v) is 13.5. The van der Waals surface area contributed by atoms with Gasteiger partial charge in [0.15, 0.2) is 5.60 Å². The van der Waals surface area contributed by atoms with Gasteiger partial charge in [0.25, 0.3) is 0 Å². The first-order valence-electron chi connectivity index (χ1n) is 13.5. The standard InChI is InChI=1S/C33H32N2O3/c1-3-18-35(19-4-2)22-23-14-16-28-31(20-23)37-30-17-15-25(34-24-10-6-5-7-11-24)21-29(30)33(28)27-13-9-8-12-26(27)32(36)38-33/h5-17,20-21,34H,3-4,18-19,22H2,1-2H3. The van der Waals surface area contributed by atoms with Crippen LogP contribution in [-0.4, -0.2) is 24.0 Å². The fourth-order valence-electron chi connectivity index (χ4n) is 5.74. The molecule has 4 aromatic rings. The second-order valence-corrected chi connectivity index (χ2v) is 10.0. The van der Waals surface area contributed by atoms with Crippen molar-refractivity contribution in [1.29, 1.82) is 0 Å². The van der Waals surface area contributed by atoms with E-state index in [2.05, 4.69) is 42.3 Å². The van der Waals surface area contributed by atoms with Crippen LogP contribution < -0.4 is 10.1 Å². The summed E-state index contributed by atoms with van der Waals surface area (Å²) in [4.78, 5) is 15.7. The van der Waals surface area contributed by atoms with E-state index < -0.39 is 5.60 Å². The Morgan fingerprint density at radius 1 is 0.737 bits per heavy atom. The van der Waals surface area contributed by atoms with Crippen LogP contribution in [-0.2, 0) is 16.9 Å². The summed E-state index contributed by atoms with van der Waals surface area (Å²) in [6, 6.07) is 30.1. The highest BCUT2D eigenvalue weighted by Gasteiger charge is 2.53. The number of nitrogens with one attached hydrogen (secondary N) is 1. The highest BCUT2D eigenvalue weighted by atomic mass is 16.6. The Kier molecular flexibility index (Phi) is 6.38. The van der Waals surface area contributed by atoms with Crippen molar-refractivity contribution in [2.24, 2.45) is 0 Å². The largest absolute Gasteiger partial charge is 0.456 e. The van der Waals surface area contributed by atoms with Crippen LogP contribution in [0.15, 0.2) is 91.0 Å². The summed E-state index contributed by atoms with van der Waals surface area (Å²) in [5.41, 5.74) is 5.09. The van der Waals surface area contributed by atoms with Gasteiger partial charge in [-0.3, -0.25) is 4.90 Å². The van der Waals surface area contributed by atoms with Crippen molar-refractivity contribution >= 4 is 17.3 Å². The van der Waals surface area contributed by atoms with Gasteiger partial charge in [0, 0.05) is 34.6 Å². The molecule has 0 radical (unpaired) electrons. The lowest BCUT2D eigenvalue weighted by Gasteiger charge is -2.37. The highest BCUT2D eigenvalue weighted by Crippen LogP contribution is 2.56. The number of carbonyl (C=O) groups excluding carboxylic acids is 1. The van der Waals surface area contributed by atoms with Crippen molar-refractivity contribution in [3.63, 3.8) is 0 Å². The summed E-state index contributed by atoms with van der Waals surface area (Å²) >= 11 is 0. The predicted molar refractivity (Wildman–Crippen MR) is 150 cm³/mol. The lowest BCUT2D eigenvalue weighted by Crippen LogP contribution is -2.33. The molecule has 5 heteroatoms. The summed E-state index contributed by atoms with van der Waals surface area (Å²) in [5.74, 6) is 1.11. The van der Waals surface area contributed by atoms with Gasteiger partial charge in [0.1, 0.15) is 11.5 Å². The normalized spacial score (nSPS) is 17.0. The smallest absolute Gasteiger partial charge is 0.340 e. The third-order valence-electron chi connectivity index (χ3n) is 7.32. The maximum atomic E-state index is 13.2. The second-order valence-electron chi connectivity index (χ2n) is 10.0. The van der Waals surface area contributed by atoms with Gasteiger partial charge in [-0.1, -0.05) is 62.4 Å². The number of benzene rings is 4. The third-order valence-corrected chi connectivity index (χ3v) is 7.32. The molecule has 0 aromatic heterocycles. The molecular weight excluding hydrogens is 472 g/mol. The molecule has 1 spiro atoms. The number of nitrogens with zero attached hydrogens (tertiary/aromatic N) is 1. The fourth-order valence-corrected chi connectivity index (χ4v) is 5.74. The molecule has 192 valence electrons. The molecular formula is C33H32N2O3. The van der Waals surface area contributed by atoms with E-state index in [1.165, 1.54) is 5.56 Å². The molecule has 0 saturated carbocycles. The molecule has 1 N–H and O–H groups in total. The molecule has 1 atom stereocenters. The summed E-state index contributed by atoms with van der Waals surface area (Å²) in [6.45, 7) is 7.40. The number of hydrogen-bond acceptors (Lipinski definition) is 5. The summed E-state index contributed by atoms with van der Waals surface area (Å²) in [5, 5.41) is 3.47. The van der Waals surface area contributed by atoms with E-state index in [1.807, 2.05) is 72.8 Å². The van der Waals surface area contributed by atoms with Crippen LogP contribution in [0.2, 0.25) is 0 Å². The van der Waals surface area contributed by atoms with Crippen molar-refractivity contribution in [2.75, 3.05) is 18.4 Å². The topological polar surface area (TPSA) is 50.8 Å². The van der Waals surface area contributed by atoms with Gasteiger partial charge in [-0.2, -0.15) is 0 Å². The first kappa shape index (κ1) is 24.3. The first-order chi connectivity index (χ1) is 18.6. The van der Waals surface area contributed by atoms with Crippen molar-refractivity contribution in [3.8, 4) is 11.5 Å². The Labute approximate surface area is 224 Å². The Morgan fingerprint density at radius 2 is 1.50 bits per heavy atom. The Bertz CT molecular complexity index is 1480. The maximum Gasteiger partial charge on any atom is 0.340 e. The number of ether oxygens (including phenoxy) is 2. The molecule has 2 heterocycles. The quantitative estimate of drug-likeness (QED) is 0.250. The number of fused-ring (bicyclic) bond motifs is 6. The monoisotopic (exact) mass is 504 g/mol.